The first-order valence-corrected chi connectivity index (χ1v) is 3.98. The number of aliphatic hydroxyl groups is 1. The van der Waals surface area contributed by atoms with Crippen molar-refractivity contribution in [3.05, 3.63) is 0 Å². The molecule has 2 rings (SSSR count). The molecule has 2 N–H and O–H groups in total. The summed E-state index contributed by atoms with van der Waals surface area (Å²) in [6, 6.07) is 0. The van der Waals surface area contributed by atoms with E-state index >= 15 is 0 Å². The van der Waals surface area contributed by atoms with E-state index in [-0.39, 0.29) is 12.2 Å². The van der Waals surface area contributed by atoms with E-state index in [2.05, 4.69) is 5.32 Å². The van der Waals surface area contributed by atoms with Gasteiger partial charge < -0.3 is 19.9 Å². The van der Waals surface area contributed by atoms with Crippen LogP contribution in [0.25, 0.3) is 0 Å². The van der Waals surface area contributed by atoms with Crippen molar-refractivity contribution in [2.45, 2.75) is 18.3 Å². The molecule has 11 heavy (non-hydrogen) atoms. The molecule has 2 heterocycles. The molecule has 0 aromatic carbocycles. The highest BCUT2D eigenvalue weighted by molar-refractivity contribution is 4.81. The first-order chi connectivity index (χ1) is 5.36. The lowest BCUT2D eigenvalue weighted by Crippen LogP contribution is -2.51. The van der Waals surface area contributed by atoms with Crippen molar-refractivity contribution in [3.63, 3.8) is 0 Å². The Bertz CT molecular complexity index is 138. The van der Waals surface area contributed by atoms with Crippen LogP contribution in [0.4, 0.5) is 0 Å². The molecule has 2 aliphatic heterocycles. The molecular weight excluding hydrogens is 146 g/mol. The molecule has 0 aromatic heterocycles. The van der Waals surface area contributed by atoms with Gasteiger partial charge in [-0.15, -0.1) is 0 Å². The summed E-state index contributed by atoms with van der Waals surface area (Å²) in [6.45, 7) is 2.77. The Morgan fingerprint density at radius 1 is 1.36 bits per heavy atom. The zero-order chi connectivity index (χ0) is 7.68. The lowest BCUT2D eigenvalue weighted by molar-refractivity contribution is -0.0731. The Balaban J connectivity index is 1.75. The fourth-order valence-corrected chi connectivity index (χ4v) is 1.26. The van der Waals surface area contributed by atoms with Crippen LogP contribution in [-0.4, -0.2) is 49.7 Å². The molecule has 2 atom stereocenters. The summed E-state index contributed by atoms with van der Waals surface area (Å²) in [7, 11) is 0. The molecular formula is C7H13NO3. The SMILES string of the molecule is OC1COCC1OC1CNC1. The van der Waals surface area contributed by atoms with Gasteiger partial charge in [0.05, 0.1) is 19.3 Å². The van der Waals surface area contributed by atoms with Gasteiger partial charge in [-0.05, 0) is 0 Å². The number of rotatable bonds is 2. The Morgan fingerprint density at radius 2 is 2.18 bits per heavy atom. The largest absolute Gasteiger partial charge is 0.388 e. The Hall–Kier alpha value is -0.160. The zero-order valence-corrected chi connectivity index (χ0v) is 6.32. The Kier molecular flexibility index (Phi) is 2.09. The fourth-order valence-electron chi connectivity index (χ4n) is 1.26. The second-order valence-corrected chi connectivity index (χ2v) is 3.06. The van der Waals surface area contributed by atoms with Crippen LogP contribution in [0.5, 0.6) is 0 Å². The van der Waals surface area contributed by atoms with Gasteiger partial charge in [-0.3, -0.25) is 0 Å². The summed E-state index contributed by atoms with van der Waals surface area (Å²) in [4.78, 5) is 0. The Labute approximate surface area is 65.5 Å². The average Bonchev–Trinajstić information content (AvgIpc) is 2.27. The highest BCUT2D eigenvalue weighted by Crippen LogP contribution is 2.13. The number of hydrogen-bond donors (Lipinski definition) is 2. The van der Waals surface area contributed by atoms with Gasteiger partial charge in [0.15, 0.2) is 0 Å². The van der Waals surface area contributed by atoms with Gasteiger partial charge >= 0.3 is 0 Å². The van der Waals surface area contributed by atoms with E-state index in [0.29, 0.717) is 13.2 Å². The average molecular weight is 159 g/mol. The van der Waals surface area contributed by atoms with E-state index in [1.807, 2.05) is 0 Å². The smallest absolute Gasteiger partial charge is 0.109 e. The maximum Gasteiger partial charge on any atom is 0.109 e. The van der Waals surface area contributed by atoms with Crippen molar-refractivity contribution in [1.29, 1.82) is 0 Å². The molecule has 0 aromatic rings. The highest BCUT2D eigenvalue weighted by atomic mass is 16.6. The van der Waals surface area contributed by atoms with E-state index in [1.54, 1.807) is 0 Å². The van der Waals surface area contributed by atoms with Gasteiger partial charge in [0, 0.05) is 13.1 Å². The van der Waals surface area contributed by atoms with E-state index < -0.39 is 6.10 Å². The quantitative estimate of drug-likeness (QED) is 0.527. The molecule has 0 aliphatic carbocycles. The lowest BCUT2D eigenvalue weighted by atomic mass is 10.2. The maximum atomic E-state index is 9.29. The second-order valence-electron chi connectivity index (χ2n) is 3.06. The summed E-state index contributed by atoms with van der Waals surface area (Å²) in [5.74, 6) is 0. The minimum atomic E-state index is -0.421. The second kappa shape index (κ2) is 3.06. The van der Waals surface area contributed by atoms with Crippen LogP contribution in [-0.2, 0) is 9.47 Å². The molecule has 4 nitrogen and oxygen atoms in total. The third-order valence-electron chi connectivity index (χ3n) is 2.11. The van der Waals surface area contributed by atoms with Crippen molar-refractivity contribution in [3.8, 4) is 0 Å². The van der Waals surface area contributed by atoms with Gasteiger partial charge in [0.25, 0.3) is 0 Å². The fraction of sp³-hybridized carbons (Fsp3) is 1.00. The summed E-state index contributed by atoms with van der Waals surface area (Å²) in [5.41, 5.74) is 0. The van der Waals surface area contributed by atoms with E-state index in [9.17, 15) is 5.11 Å². The van der Waals surface area contributed by atoms with Crippen LogP contribution in [0.2, 0.25) is 0 Å². The maximum absolute atomic E-state index is 9.29. The number of aliphatic hydroxyl groups excluding tert-OH is 1. The monoisotopic (exact) mass is 159 g/mol. The summed E-state index contributed by atoms with van der Waals surface area (Å²) in [5, 5.41) is 12.4. The lowest BCUT2D eigenvalue weighted by Gasteiger charge is -2.30. The molecule has 64 valence electrons. The molecule has 2 saturated heterocycles. The number of hydrogen-bond acceptors (Lipinski definition) is 4. The molecule has 4 heteroatoms. The van der Waals surface area contributed by atoms with Crippen LogP contribution >= 0.6 is 0 Å². The minimum Gasteiger partial charge on any atom is -0.388 e. The van der Waals surface area contributed by atoms with Crippen molar-refractivity contribution in [2.24, 2.45) is 0 Å². The van der Waals surface area contributed by atoms with Crippen molar-refractivity contribution in [1.82, 2.24) is 5.32 Å². The minimum absolute atomic E-state index is 0.0953. The first-order valence-electron chi connectivity index (χ1n) is 3.98. The third-order valence-corrected chi connectivity index (χ3v) is 2.11. The van der Waals surface area contributed by atoms with Gasteiger partial charge in [-0.1, -0.05) is 0 Å². The Morgan fingerprint density at radius 3 is 2.64 bits per heavy atom. The predicted octanol–water partition coefficient (Wildman–Crippen LogP) is -1.27. The van der Waals surface area contributed by atoms with Crippen molar-refractivity contribution >= 4 is 0 Å². The molecule has 2 unspecified atom stereocenters. The topological polar surface area (TPSA) is 50.7 Å². The first kappa shape index (κ1) is 7.49. The summed E-state index contributed by atoms with van der Waals surface area (Å²) >= 11 is 0. The summed E-state index contributed by atoms with van der Waals surface area (Å²) < 4.78 is 10.6. The number of ether oxygens (including phenoxy) is 2. The van der Waals surface area contributed by atoms with Gasteiger partial charge in [0.2, 0.25) is 0 Å². The van der Waals surface area contributed by atoms with Crippen LogP contribution in [0.15, 0.2) is 0 Å². The van der Waals surface area contributed by atoms with Crippen LogP contribution in [0.3, 0.4) is 0 Å². The van der Waals surface area contributed by atoms with Crippen LogP contribution < -0.4 is 5.32 Å². The number of nitrogens with one attached hydrogen (secondary N) is 1. The van der Waals surface area contributed by atoms with Crippen LogP contribution in [0, 0.1) is 0 Å². The molecule has 0 bridgehead atoms. The van der Waals surface area contributed by atoms with E-state index in [0.717, 1.165) is 13.1 Å². The van der Waals surface area contributed by atoms with Gasteiger partial charge in [-0.25, -0.2) is 0 Å². The standard InChI is InChI=1S/C7H13NO3/c9-6-3-10-4-7(6)11-5-1-8-2-5/h5-9H,1-4H2. The zero-order valence-electron chi connectivity index (χ0n) is 6.32. The molecule has 0 amide bonds. The molecule has 0 radical (unpaired) electrons. The molecule has 2 fully saturated rings. The van der Waals surface area contributed by atoms with Crippen molar-refractivity contribution in [2.75, 3.05) is 26.3 Å². The van der Waals surface area contributed by atoms with E-state index in [1.165, 1.54) is 0 Å². The highest BCUT2D eigenvalue weighted by Gasteiger charge is 2.31. The molecule has 0 spiro atoms. The normalized spacial score (nSPS) is 39.0. The summed E-state index contributed by atoms with van der Waals surface area (Å²) in [6.07, 6.45) is -0.228. The molecule has 2 aliphatic rings. The van der Waals surface area contributed by atoms with Crippen LogP contribution in [0.1, 0.15) is 0 Å². The van der Waals surface area contributed by atoms with E-state index in [4.69, 9.17) is 9.47 Å². The molecule has 0 saturated carbocycles. The predicted molar refractivity (Wildman–Crippen MR) is 38.4 cm³/mol. The third kappa shape index (κ3) is 1.54. The van der Waals surface area contributed by atoms with Gasteiger partial charge in [-0.2, -0.15) is 0 Å². The van der Waals surface area contributed by atoms with Crippen molar-refractivity contribution < 1.29 is 14.6 Å². The van der Waals surface area contributed by atoms with Gasteiger partial charge in [0.1, 0.15) is 12.2 Å².